The van der Waals surface area contributed by atoms with Crippen molar-refractivity contribution >= 4 is 5.78 Å². The molecular formula is C23H27F6N5O2. The minimum atomic E-state index is -4.91. The SMILES string of the molecule is CCN1C2CCC(OCc3cc(C(F)(F)F)cc(C(F)(F)F)c3)C1(C)CC2c1nnn(CC(C)=O)n1. The van der Waals surface area contributed by atoms with E-state index in [1.165, 1.54) is 11.7 Å². The first-order valence-corrected chi connectivity index (χ1v) is 11.7. The maximum Gasteiger partial charge on any atom is 0.416 e. The average Bonchev–Trinajstić information content (AvgIpc) is 3.30. The molecule has 0 N–H and O–H groups in total. The maximum absolute atomic E-state index is 13.2. The van der Waals surface area contributed by atoms with E-state index in [0.29, 0.717) is 43.8 Å². The van der Waals surface area contributed by atoms with Crippen LogP contribution in [-0.2, 0) is 35.0 Å². The van der Waals surface area contributed by atoms with E-state index in [-0.39, 0.29) is 42.5 Å². The van der Waals surface area contributed by atoms with Crippen molar-refractivity contribution in [1.29, 1.82) is 0 Å². The fraction of sp³-hybridized carbons (Fsp3) is 0.652. The Labute approximate surface area is 203 Å². The van der Waals surface area contributed by atoms with Crippen molar-refractivity contribution in [2.24, 2.45) is 0 Å². The monoisotopic (exact) mass is 519 g/mol. The van der Waals surface area contributed by atoms with Crippen LogP contribution in [0.2, 0.25) is 0 Å². The van der Waals surface area contributed by atoms with E-state index in [2.05, 4.69) is 20.3 Å². The van der Waals surface area contributed by atoms with E-state index < -0.39 is 35.1 Å². The molecule has 3 heterocycles. The lowest BCUT2D eigenvalue weighted by Crippen LogP contribution is -2.57. The van der Waals surface area contributed by atoms with Crippen LogP contribution >= 0.6 is 0 Å². The molecule has 198 valence electrons. The average molecular weight is 519 g/mol. The molecule has 2 aliphatic heterocycles. The van der Waals surface area contributed by atoms with Crippen LogP contribution in [0.3, 0.4) is 0 Å². The highest BCUT2D eigenvalue weighted by Crippen LogP contribution is 2.51. The van der Waals surface area contributed by atoms with E-state index >= 15 is 0 Å². The number of tetrazole rings is 1. The number of halogens is 6. The molecule has 4 atom stereocenters. The van der Waals surface area contributed by atoms with Gasteiger partial charge in [-0.05, 0) is 68.6 Å². The Morgan fingerprint density at radius 2 is 1.75 bits per heavy atom. The third-order valence-corrected chi connectivity index (χ3v) is 7.18. The molecule has 0 saturated carbocycles. The summed E-state index contributed by atoms with van der Waals surface area (Å²) < 4.78 is 85.4. The zero-order chi connectivity index (χ0) is 26.5. The van der Waals surface area contributed by atoms with Gasteiger partial charge in [-0.25, -0.2) is 0 Å². The number of benzene rings is 1. The molecule has 1 aromatic heterocycles. The van der Waals surface area contributed by atoms with Crippen LogP contribution in [0, 0.1) is 0 Å². The van der Waals surface area contributed by atoms with E-state index in [1.54, 1.807) is 0 Å². The number of likely N-dealkylation sites (N-methyl/N-ethyl adjacent to an activating group) is 1. The Bertz CT molecular complexity index is 1080. The molecule has 13 heteroatoms. The molecule has 0 radical (unpaired) electrons. The van der Waals surface area contributed by atoms with Gasteiger partial charge < -0.3 is 4.74 Å². The summed E-state index contributed by atoms with van der Waals surface area (Å²) in [6.45, 7) is 5.70. The van der Waals surface area contributed by atoms with Crippen LogP contribution < -0.4 is 0 Å². The molecule has 7 nitrogen and oxygen atoms in total. The molecule has 2 fully saturated rings. The number of Topliss-reactive ketones (excluding diaryl/α,β-unsaturated/α-hetero) is 1. The summed E-state index contributed by atoms with van der Waals surface area (Å²) in [4.78, 5) is 14.9. The summed E-state index contributed by atoms with van der Waals surface area (Å²) in [5.74, 6) is 0.314. The van der Waals surface area contributed by atoms with Crippen LogP contribution in [0.1, 0.15) is 68.5 Å². The summed E-state index contributed by atoms with van der Waals surface area (Å²) in [6, 6.07) is 1.61. The molecule has 2 bridgehead atoms. The molecule has 2 aromatic rings. The van der Waals surface area contributed by atoms with Crippen molar-refractivity contribution in [2.45, 2.75) is 89.1 Å². The Kier molecular flexibility index (Phi) is 6.93. The van der Waals surface area contributed by atoms with Gasteiger partial charge >= 0.3 is 12.4 Å². The molecule has 0 spiro atoms. The third-order valence-electron chi connectivity index (χ3n) is 7.18. The van der Waals surface area contributed by atoms with Crippen LogP contribution in [0.5, 0.6) is 0 Å². The zero-order valence-electron chi connectivity index (χ0n) is 20.0. The van der Waals surface area contributed by atoms with Crippen molar-refractivity contribution < 1.29 is 35.9 Å². The lowest BCUT2D eigenvalue weighted by molar-refractivity contribution is -0.143. The van der Waals surface area contributed by atoms with Gasteiger partial charge in [0.15, 0.2) is 11.6 Å². The summed E-state index contributed by atoms with van der Waals surface area (Å²) in [5, 5.41) is 12.5. The second kappa shape index (κ2) is 9.40. The van der Waals surface area contributed by atoms with Crippen molar-refractivity contribution in [3.8, 4) is 0 Å². The quantitative estimate of drug-likeness (QED) is 0.498. The lowest BCUT2D eigenvalue weighted by Gasteiger charge is -2.47. The number of fused-ring (bicyclic) bond motifs is 2. The minimum absolute atomic E-state index is 0.0157. The van der Waals surface area contributed by atoms with Gasteiger partial charge in [-0.1, -0.05) is 6.92 Å². The third kappa shape index (κ3) is 5.13. The van der Waals surface area contributed by atoms with E-state index in [9.17, 15) is 31.1 Å². The van der Waals surface area contributed by atoms with E-state index in [4.69, 9.17) is 4.74 Å². The summed E-state index contributed by atoms with van der Waals surface area (Å²) in [5.41, 5.74) is -3.43. The Morgan fingerprint density at radius 1 is 1.11 bits per heavy atom. The number of carbonyl (C=O) groups is 1. The van der Waals surface area contributed by atoms with Gasteiger partial charge in [-0.2, -0.15) is 31.1 Å². The van der Waals surface area contributed by atoms with Crippen LogP contribution in [0.4, 0.5) is 26.3 Å². The van der Waals surface area contributed by atoms with Gasteiger partial charge in [0.1, 0.15) is 6.54 Å². The molecule has 36 heavy (non-hydrogen) atoms. The Balaban J connectivity index is 1.55. The number of rotatable bonds is 7. The normalized spacial score (nSPS) is 27.0. The highest BCUT2D eigenvalue weighted by atomic mass is 19.4. The molecule has 0 aliphatic carbocycles. The molecule has 1 aromatic carbocycles. The van der Waals surface area contributed by atoms with Gasteiger partial charge in [0, 0.05) is 17.5 Å². The molecular weight excluding hydrogens is 492 g/mol. The first kappa shape index (κ1) is 26.5. The van der Waals surface area contributed by atoms with Gasteiger partial charge in [0.2, 0.25) is 0 Å². The van der Waals surface area contributed by atoms with Gasteiger partial charge in [0.25, 0.3) is 0 Å². The Hall–Kier alpha value is -2.54. The summed E-state index contributed by atoms with van der Waals surface area (Å²) in [7, 11) is 0. The van der Waals surface area contributed by atoms with Crippen molar-refractivity contribution in [2.75, 3.05) is 6.54 Å². The summed E-state index contributed by atoms with van der Waals surface area (Å²) >= 11 is 0. The topological polar surface area (TPSA) is 73.1 Å². The number of aromatic nitrogens is 4. The van der Waals surface area contributed by atoms with Gasteiger partial charge in [-0.3, -0.25) is 9.69 Å². The molecule has 4 rings (SSSR count). The fourth-order valence-corrected chi connectivity index (χ4v) is 5.69. The number of hydrogen-bond donors (Lipinski definition) is 0. The second-order valence-electron chi connectivity index (χ2n) is 9.69. The predicted octanol–water partition coefficient (Wildman–Crippen LogP) is 4.62. The van der Waals surface area contributed by atoms with Crippen LogP contribution in [0.15, 0.2) is 18.2 Å². The number of ether oxygens (including phenoxy) is 1. The molecule has 2 aliphatic rings. The number of alkyl halides is 6. The molecule has 4 unspecified atom stereocenters. The van der Waals surface area contributed by atoms with E-state index in [1.807, 2.05) is 13.8 Å². The largest absolute Gasteiger partial charge is 0.416 e. The number of ketones is 1. The highest BCUT2D eigenvalue weighted by Gasteiger charge is 2.57. The minimum Gasteiger partial charge on any atom is -0.372 e. The molecule has 0 amide bonds. The van der Waals surface area contributed by atoms with Gasteiger partial charge in [-0.15, -0.1) is 10.2 Å². The molecule has 2 saturated heterocycles. The number of piperidine rings is 1. The number of nitrogens with zero attached hydrogens (tertiary/aromatic N) is 5. The first-order chi connectivity index (χ1) is 16.7. The van der Waals surface area contributed by atoms with Crippen molar-refractivity contribution in [3.63, 3.8) is 0 Å². The fourth-order valence-electron chi connectivity index (χ4n) is 5.69. The van der Waals surface area contributed by atoms with Crippen LogP contribution in [-0.4, -0.2) is 55.1 Å². The first-order valence-electron chi connectivity index (χ1n) is 11.7. The maximum atomic E-state index is 13.2. The number of carbonyl (C=O) groups excluding carboxylic acids is 1. The summed E-state index contributed by atoms with van der Waals surface area (Å²) in [6.07, 6.45) is -8.39. The van der Waals surface area contributed by atoms with Crippen LogP contribution in [0.25, 0.3) is 0 Å². The predicted molar refractivity (Wildman–Crippen MR) is 115 cm³/mol. The van der Waals surface area contributed by atoms with E-state index in [0.717, 1.165) is 0 Å². The standard InChI is InChI=1S/C23H27F6N5O2/c1-4-33-18-5-6-19(21(33,3)10-17(18)20-30-32-34(31-20)11-13(2)35)36-12-14-7-15(22(24,25)26)9-16(8-14)23(27,28)29/h7-9,17-19H,4-6,10-12H2,1-3H3. The van der Waals surface area contributed by atoms with Crippen molar-refractivity contribution in [1.82, 2.24) is 25.1 Å². The highest BCUT2D eigenvalue weighted by molar-refractivity contribution is 5.74. The van der Waals surface area contributed by atoms with Gasteiger partial charge in [0.05, 0.1) is 23.8 Å². The zero-order valence-corrected chi connectivity index (χ0v) is 20.0. The number of hydrogen-bond acceptors (Lipinski definition) is 6. The van der Waals surface area contributed by atoms with Crippen molar-refractivity contribution in [3.05, 3.63) is 40.7 Å². The lowest BCUT2D eigenvalue weighted by atomic mass is 9.86. The Morgan fingerprint density at radius 3 is 2.31 bits per heavy atom. The second-order valence-corrected chi connectivity index (χ2v) is 9.69. The smallest absolute Gasteiger partial charge is 0.372 e.